The van der Waals surface area contributed by atoms with Gasteiger partial charge in [0.25, 0.3) is 0 Å². The maximum Gasteiger partial charge on any atom is 0.131 e. The van der Waals surface area contributed by atoms with Crippen LogP contribution in [0.25, 0.3) is 10.9 Å². The molecule has 1 atom stereocenters. The Morgan fingerprint density at radius 2 is 2.00 bits per heavy atom. The quantitative estimate of drug-likeness (QED) is 0.497. The van der Waals surface area contributed by atoms with Crippen molar-refractivity contribution in [2.45, 2.75) is 12.3 Å². The van der Waals surface area contributed by atoms with Gasteiger partial charge in [-0.2, -0.15) is 0 Å². The number of aromatic amines is 1. The van der Waals surface area contributed by atoms with Crippen LogP contribution < -0.4 is 5.32 Å². The van der Waals surface area contributed by atoms with Gasteiger partial charge in [-0.3, -0.25) is 4.99 Å². The number of aromatic nitrogens is 3. The van der Waals surface area contributed by atoms with Gasteiger partial charge in [-0.05, 0) is 54.4 Å². The van der Waals surface area contributed by atoms with Crippen LogP contribution in [0.3, 0.4) is 0 Å². The fraction of sp³-hybridized carbons (Fsp3) is 0.136. The van der Waals surface area contributed by atoms with E-state index >= 15 is 0 Å². The van der Waals surface area contributed by atoms with Crippen LogP contribution in [0, 0.1) is 0 Å². The predicted octanol–water partition coefficient (Wildman–Crippen LogP) is 5.33. The lowest BCUT2D eigenvalue weighted by Crippen LogP contribution is -2.06. The molecular weight excluding hydrogens is 370 g/mol. The number of benzene rings is 1. The second-order valence-electron chi connectivity index (χ2n) is 6.90. The molecule has 0 saturated heterocycles. The summed E-state index contributed by atoms with van der Waals surface area (Å²) in [5, 5.41) is 5.06. The minimum absolute atomic E-state index is 0.289. The molecule has 28 heavy (non-hydrogen) atoms. The molecule has 0 fully saturated rings. The molecule has 0 spiro atoms. The summed E-state index contributed by atoms with van der Waals surface area (Å²) < 4.78 is 0. The largest absolute Gasteiger partial charge is 0.361 e. The molecule has 0 radical (unpaired) electrons. The van der Waals surface area contributed by atoms with E-state index in [0.29, 0.717) is 5.02 Å². The summed E-state index contributed by atoms with van der Waals surface area (Å²) in [6.45, 7) is 0.760. The monoisotopic (exact) mass is 387 g/mol. The average molecular weight is 388 g/mol. The average Bonchev–Trinajstić information content (AvgIpc) is 3.39. The van der Waals surface area contributed by atoms with E-state index in [-0.39, 0.29) is 5.92 Å². The number of hydrogen-bond donors (Lipinski definition) is 2. The van der Waals surface area contributed by atoms with Gasteiger partial charge in [-0.1, -0.05) is 23.7 Å². The molecule has 4 aromatic rings. The second-order valence-corrected chi connectivity index (χ2v) is 7.34. The van der Waals surface area contributed by atoms with Crippen LogP contribution in [0.2, 0.25) is 5.02 Å². The summed E-state index contributed by atoms with van der Waals surface area (Å²) >= 11 is 5.90. The van der Waals surface area contributed by atoms with Crippen LogP contribution in [0.15, 0.2) is 72.0 Å². The number of fused-ring (bicyclic) bond motifs is 1. The molecule has 6 heteroatoms. The molecular formula is C22H18ClN5. The van der Waals surface area contributed by atoms with Gasteiger partial charge < -0.3 is 10.3 Å². The van der Waals surface area contributed by atoms with Crippen molar-refractivity contribution < 1.29 is 0 Å². The molecule has 0 saturated carbocycles. The number of pyridine rings is 2. The zero-order valence-electron chi connectivity index (χ0n) is 15.1. The lowest BCUT2D eigenvalue weighted by molar-refractivity contribution is 0.750. The van der Waals surface area contributed by atoms with Crippen molar-refractivity contribution in [1.29, 1.82) is 0 Å². The number of hydrogen-bond acceptors (Lipinski definition) is 4. The summed E-state index contributed by atoms with van der Waals surface area (Å²) in [5.74, 6) is 1.78. The van der Waals surface area contributed by atoms with Gasteiger partial charge in [0.2, 0.25) is 0 Å². The molecule has 0 aliphatic carbocycles. The maximum absolute atomic E-state index is 5.90. The van der Waals surface area contributed by atoms with Crippen LogP contribution in [-0.2, 0) is 0 Å². The first-order valence-electron chi connectivity index (χ1n) is 9.21. The number of nitrogens with one attached hydrogen (secondary N) is 2. The van der Waals surface area contributed by atoms with Crippen LogP contribution >= 0.6 is 11.6 Å². The maximum atomic E-state index is 5.90. The highest BCUT2D eigenvalue weighted by molar-refractivity contribution is 6.30. The molecule has 0 bridgehead atoms. The molecule has 1 aliphatic rings. The highest BCUT2D eigenvalue weighted by atomic mass is 35.5. The summed E-state index contributed by atoms with van der Waals surface area (Å²) in [6, 6.07) is 18.2. The number of aliphatic imine (C=N–C) groups is 1. The van der Waals surface area contributed by atoms with Gasteiger partial charge >= 0.3 is 0 Å². The van der Waals surface area contributed by atoms with Crippen molar-refractivity contribution in [3.8, 4) is 0 Å². The molecule has 5 rings (SSSR count). The standard InChI is InChI=1S/C22H18ClN5/c23-17-5-7-21(26-13-17)28-22-3-1-2-19(27-22)16-11-20(25-12-16)14-4-6-18-15(10-14)8-9-24-18/h1-10,13,16,24H,11-12H2,(H,26,27,28). The third-order valence-electron chi connectivity index (χ3n) is 5.00. The molecule has 0 amide bonds. The Morgan fingerprint density at radius 3 is 2.89 bits per heavy atom. The normalized spacial score (nSPS) is 16.3. The van der Waals surface area contributed by atoms with Crippen molar-refractivity contribution >= 4 is 39.9 Å². The highest BCUT2D eigenvalue weighted by Crippen LogP contribution is 2.29. The lowest BCUT2D eigenvalue weighted by atomic mass is 9.97. The molecule has 5 nitrogen and oxygen atoms in total. The molecule has 2 N–H and O–H groups in total. The van der Waals surface area contributed by atoms with E-state index in [2.05, 4.69) is 45.6 Å². The van der Waals surface area contributed by atoms with E-state index in [9.17, 15) is 0 Å². The van der Waals surface area contributed by atoms with Crippen LogP contribution in [0.5, 0.6) is 0 Å². The van der Waals surface area contributed by atoms with E-state index < -0.39 is 0 Å². The zero-order chi connectivity index (χ0) is 18.9. The minimum atomic E-state index is 0.289. The number of anilines is 2. The molecule has 1 unspecified atom stereocenters. The van der Waals surface area contributed by atoms with Crippen molar-refractivity contribution in [2.75, 3.05) is 11.9 Å². The van der Waals surface area contributed by atoms with Crippen molar-refractivity contribution in [3.05, 3.63) is 83.3 Å². The number of rotatable bonds is 4. The van der Waals surface area contributed by atoms with E-state index in [4.69, 9.17) is 21.6 Å². The topological polar surface area (TPSA) is 66.0 Å². The smallest absolute Gasteiger partial charge is 0.131 e. The Balaban J connectivity index is 1.32. The summed E-state index contributed by atoms with van der Waals surface area (Å²) in [7, 11) is 0. The number of nitrogens with zero attached hydrogens (tertiary/aromatic N) is 3. The molecule has 1 aliphatic heterocycles. The van der Waals surface area contributed by atoms with Crippen molar-refractivity contribution in [3.63, 3.8) is 0 Å². The predicted molar refractivity (Wildman–Crippen MR) is 114 cm³/mol. The Kier molecular flexibility index (Phi) is 4.29. The molecule has 138 valence electrons. The van der Waals surface area contributed by atoms with Gasteiger partial charge in [0, 0.05) is 47.2 Å². The minimum Gasteiger partial charge on any atom is -0.361 e. The first kappa shape index (κ1) is 17.0. The fourth-order valence-corrected chi connectivity index (χ4v) is 3.66. The highest BCUT2D eigenvalue weighted by Gasteiger charge is 2.23. The molecule has 3 aromatic heterocycles. The summed E-state index contributed by atoms with van der Waals surface area (Å²) in [4.78, 5) is 17.1. The van der Waals surface area contributed by atoms with E-state index in [1.54, 1.807) is 12.3 Å². The zero-order valence-corrected chi connectivity index (χ0v) is 15.8. The van der Waals surface area contributed by atoms with Crippen LogP contribution in [0.1, 0.15) is 23.6 Å². The van der Waals surface area contributed by atoms with Crippen molar-refractivity contribution in [1.82, 2.24) is 15.0 Å². The third-order valence-corrected chi connectivity index (χ3v) is 5.22. The Bertz CT molecular complexity index is 1160. The SMILES string of the molecule is Clc1ccc(Nc2cccc(C3CN=C(c4ccc5[nH]ccc5c4)C3)n2)nc1. The van der Waals surface area contributed by atoms with Gasteiger partial charge in [0.1, 0.15) is 11.6 Å². The van der Waals surface area contributed by atoms with Gasteiger partial charge in [0.15, 0.2) is 0 Å². The number of halogens is 1. The molecule has 1 aromatic carbocycles. The summed E-state index contributed by atoms with van der Waals surface area (Å²) in [6.07, 6.45) is 4.48. The van der Waals surface area contributed by atoms with E-state index in [1.807, 2.05) is 24.4 Å². The Hall–Kier alpha value is -3.18. The van der Waals surface area contributed by atoms with Crippen LogP contribution in [0.4, 0.5) is 11.6 Å². The summed E-state index contributed by atoms with van der Waals surface area (Å²) in [5.41, 5.74) is 4.53. The number of H-pyrrole nitrogens is 1. The first-order valence-corrected chi connectivity index (χ1v) is 9.59. The third kappa shape index (κ3) is 3.37. The second kappa shape index (κ2) is 7.09. The Morgan fingerprint density at radius 1 is 1.04 bits per heavy atom. The first-order chi connectivity index (χ1) is 13.7. The van der Waals surface area contributed by atoms with Gasteiger partial charge in [-0.25, -0.2) is 9.97 Å². The fourth-order valence-electron chi connectivity index (χ4n) is 3.55. The molecule has 4 heterocycles. The lowest BCUT2D eigenvalue weighted by Gasteiger charge is -2.11. The van der Waals surface area contributed by atoms with Crippen LogP contribution in [-0.4, -0.2) is 27.2 Å². The Labute approximate surface area is 167 Å². The van der Waals surface area contributed by atoms with E-state index in [0.717, 1.165) is 41.5 Å². The van der Waals surface area contributed by atoms with Gasteiger partial charge in [0.05, 0.1) is 5.02 Å². The van der Waals surface area contributed by atoms with Crippen molar-refractivity contribution in [2.24, 2.45) is 4.99 Å². The van der Waals surface area contributed by atoms with E-state index in [1.165, 1.54) is 10.9 Å². The van der Waals surface area contributed by atoms with Gasteiger partial charge in [-0.15, -0.1) is 0 Å².